The normalized spacial score (nSPS) is 10.0. The van der Waals surface area contributed by atoms with E-state index in [1.807, 2.05) is 34.2 Å². The fourth-order valence-electron chi connectivity index (χ4n) is 0.595. The van der Waals surface area contributed by atoms with E-state index in [1.165, 1.54) is 10.4 Å². The monoisotopic (exact) mass is 166 g/mol. The molecule has 50 valence electrons. The Hall–Kier alpha value is -0.600. The summed E-state index contributed by atoms with van der Waals surface area (Å²) in [6, 6.07) is 6.22. The lowest BCUT2D eigenvalue weighted by Crippen LogP contribution is -1.42. The van der Waals surface area contributed by atoms with E-state index < -0.39 is 0 Å². The summed E-state index contributed by atoms with van der Waals surface area (Å²) in [4.78, 5) is 1.50. The van der Waals surface area contributed by atoms with Crippen molar-refractivity contribution in [2.75, 3.05) is 0 Å². The molecule has 0 unspecified atom stereocenters. The maximum atomic E-state index is 2.19. The van der Waals surface area contributed by atoms with Gasteiger partial charge in [-0.1, -0.05) is 12.1 Å². The third kappa shape index (κ3) is 1.28. The van der Waals surface area contributed by atoms with Gasteiger partial charge in [0.15, 0.2) is 0 Å². The molecule has 0 bridgehead atoms. The van der Waals surface area contributed by atoms with Gasteiger partial charge in [0, 0.05) is 15.8 Å². The third-order valence-electron chi connectivity index (χ3n) is 1.23. The van der Waals surface area contributed by atoms with Gasteiger partial charge in [-0.2, -0.15) is 11.3 Å². The molecular formula is C8H6S2. The van der Waals surface area contributed by atoms with Crippen molar-refractivity contribution < 1.29 is 0 Å². The lowest BCUT2D eigenvalue weighted by molar-refractivity contribution is 2.03. The summed E-state index contributed by atoms with van der Waals surface area (Å²) < 4.78 is 0. The van der Waals surface area contributed by atoms with Gasteiger partial charge in [0.2, 0.25) is 0 Å². The predicted molar refractivity (Wildman–Crippen MR) is 47.6 cm³/mol. The Morgan fingerprint density at radius 1 is 1.10 bits per heavy atom. The topological polar surface area (TPSA) is 0 Å². The van der Waals surface area contributed by atoms with Crippen molar-refractivity contribution in [2.45, 2.75) is 0 Å². The summed E-state index contributed by atoms with van der Waals surface area (Å²) in [5, 5.41) is 6.25. The first-order valence-corrected chi connectivity index (χ1v) is 4.85. The van der Waals surface area contributed by atoms with Crippen LogP contribution in [0.3, 0.4) is 0 Å². The van der Waals surface area contributed by atoms with Gasteiger partial charge in [-0.05, 0) is 16.8 Å². The summed E-state index contributed by atoms with van der Waals surface area (Å²) in [6.45, 7) is 0. The molecule has 1 aromatic heterocycles. The molecule has 2 aliphatic rings. The molecule has 0 nitrogen and oxygen atoms in total. The molecule has 0 fully saturated rings. The molecule has 2 heterocycles. The summed E-state index contributed by atoms with van der Waals surface area (Å²) >= 11 is 3.55. The Morgan fingerprint density at radius 2 is 1.80 bits per heavy atom. The summed E-state index contributed by atoms with van der Waals surface area (Å²) in [5.41, 5.74) is 1.48. The number of hydrogen-bond donors (Lipinski definition) is 0. The molecule has 1 aromatic rings. The highest BCUT2D eigenvalue weighted by Crippen LogP contribution is 2.42. The van der Waals surface area contributed by atoms with Crippen molar-refractivity contribution >= 4 is 22.7 Å². The van der Waals surface area contributed by atoms with Crippen LogP contribution in [-0.4, -0.2) is 0 Å². The first-order chi connectivity index (χ1) is 4.97. The van der Waals surface area contributed by atoms with Crippen molar-refractivity contribution in [1.82, 2.24) is 0 Å². The van der Waals surface area contributed by atoms with Crippen molar-refractivity contribution in [3.63, 3.8) is 0 Å². The Bertz CT molecular complexity index is 250. The molecule has 10 heavy (non-hydrogen) atoms. The van der Waals surface area contributed by atoms with Gasteiger partial charge >= 0.3 is 0 Å². The standard InChI is InChI=1S/C4H2S.C4H4S/c1-3-2-5-4(1)3;1-2-4-5-3-1/h1-2H;1-4H. The van der Waals surface area contributed by atoms with E-state index in [0.717, 1.165) is 0 Å². The van der Waals surface area contributed by atoms with Crippen molar-refractivity contribution in [2.24, 2.45) is 0 Å². The molecule has 0 atom stereocenters. The van der Waals surface area contributed by atoms with Crippen LogP contribution in [0.1, 0.15) is 0 Å². The van der Waals surface area contributed by atoms with Gasteiger partial charge in [0.05, 0.1) is 0 Å². The van der Waals surface area contributed by atoms with E-state index in [9.17, 15) is 0 Å². The Labute approximate surface area is 67.8 Å². The minimum atomic E-state index is 1.48. The zero-order chi connectivity index (χ0) is 6.81. The quantitative estimate of drug-likeness (QED) is 0.479. The van der Waals surface area contributed by atoms with Crippen molar-refractivity contribution in [3.8, 4) is 10.4 Å². The van der Waals surface area contributed by atoms with E-state index in [-0.39, 0.29) is 0 Å². The number of fused-ring (bicyclic) bond motifs is 1. The molecular weight excluding hydrogens is 160 g/mol. The van der Waals surface area contributed by atoms with Crippen LogP contribution in [0.5, 0.6) is 0 Å². The molecule has 1 aliphatic heterocycles. The van der Waals surface area contributed by atoms with E-state index in [0.29, 0.717) is 0 Å². The lowest BCUT2D eigenvalue weighted by Gasteiger charge is -1.75. The van der Waals surface area contributed by atoms with Gasteiger partial charge in [-0.3, -0.25) is 0 Å². The fourth-order valence-corrected chi connectivity index (χ4v) is 1.70. The van der Waals surface area contributed by atoms with Crippen LogP contribution in [0.25, 0.3) is 10.4 Å². The number of rotatable bonds is 0. The van der Waals surface area contributed by atoms with Gasteiger partial charge in [0.1, 0.15) is 0 Å². The lowest BCUT2D eigenvalue weighted by atomic mass is 10.7. The maximum absolute atomic E-state index is 2.19. The molecule has 2 heteroatoms. The molecule has 0 N–H and O–H groups in total. The third-order valence-corrected chi connectivity index (χ3v) is 2.83. The summed E-state index contributed by atoms with van der Waals surface area (Å²) in [6.07, 6.45) is 0. The highest BCUT2D eigenvalue weighted by molar-refractivity contribution is 7.18. The van der Waals surface area contributed by atoms with E-state index in [2.05, 4.69) is 11.4 Å². The Balaban J connectivity index is 0.0000000807. The van der Waals surface area contributed by atoms with Crippen LogP contribution in [0.4, 0.5) is 0 Å². The second kappa shape index (κ2) is 2.56. The minimum absolute atomic E-state index is 1.48. The van der Waals surface area contributed by atoms with E-state index in [4.69, 9.17) is 0 Å². The molecule has 0 amide bonds. The van der Waals surface area contributed by atoms with Crippen LogP contribution >= 0.6 is 22.7 Å². The van der Waals surface area contributed by atoms with Crippen molar-refractivity contribution in [1.29, 1.82) is 0 Å². The second-order valence-electron chi connectivity index (χ2n) is 1.99. The van der Waals surface area contributed by atoms with Gasteiger partial charge < -0.3 is 0 Å². The summed E-state index contributed by atoms with van der Waals surface area (Å²) in [7, 11) is 0. The predicted octanol–water partition coefficient (Wildman–Crippen LogP) is 3.48. The van der Waals surface area contributed by atoms with Gasteiger partial charge in [-0.25, -0.2) is 0 Å². The zero-order valence-electron chi connectivity index (χ0n) is 5.28. The molecule has 0 radical (unpaired) electrons. The molecule has 3 rings (SSSR count). The molecule has 0 saturated heterocycles. The number of hydrogen-bond acceptors (Lipinski definition) is 2. The zero-order valence-corrected chi connectivity index (χ0v) is 6.91. The molecule has 0 aromatic carbocycles. The fraction of sp³-hybridized carbons (Fsp3) is 0. The van der Waals surface area contributed by atoms with Crippen molar-refractivity contribution in [3.05, 3.63) is 34.3 Å². The smallest absolute Gasteiger partial charge is 0.0357 e. The Kier molecular flexibility index (Phi) is 1.57. The second-order valence-corrected chi connectivity index (χ2v) is 3.72. The number of thiophene rings is 2. The highest BCUT2D eigenvalue weighted by Gasteiger charge is 2.12. The molecule has 1 aliphatic carbocycles. The van der Waals surface area contributed by atoms with Crippen LogP contribution in [0.2, 0.25) is 0 Å². The average molecular weight is 166 g/mol. The first kappa shape index (κ1) is 6.13. The molecule has 0 saturated carbocycles. The van der Waals surface area contributed by atoms with E-state index in [1.54, 1.807) is 11.3 Å². The van der Waals surface area contributed by atoms with E-state index >= 15 is 0 Å². The maximum Gasteiger partial charge on any atom is 0.0357 e. The Morgan fingerprint density at radius 3 is 1.90 bits per heavy atom. The molecule has 0 spiro atoms. The largest absolute Gasteiger partial charge is 0.152 e. The average Bonchev–Trinajstić information content (AvgIpc) is 2.43. The highest BCUT2D eigenvalue weighted by atomic mass is 32.1. The van der Waals surface area contributed by atoms with Gasteiger partial charge in [0.25, 0.3) is 0 Å². The van der Waals surface area contributed by atoms with Gasteiger partial charge in [-0.15, -0.1) is 11.3 Å². The summed E-state index contributed by atoms with van der Waals surface area (Å²) in [5.74, 6) is 0. The van der Waals surface area contributed by atoms with Crippen LogP contribution in [0.15, 0.2) is 34.3 Å². The first-order valence-electron chi connectivity index (χ1n) is 3.03. The van der Waals surface area contributed by atoms with Crippen LogP contribution < -0.4 is 0 Å². The minimum Gasteiger partial charge on any atom is -0.152 e. The van der Waals surface area contributed by atoms with Crippen LogP contribution in [0, 0.1) is 0 Å². The SMILES string of the molecule is c1ccsc1.c1sc2cc1-2. The van der Waals surface area contributed by atoms with Crippen LogP contribution in [-0.2, 0) is 0 Å².